The minimum Gasteiger partial charge on any atom is -0.379 e. The van der Waals surface area contributed by atoms with Crippen LogP contribution in [-0.4, -0.2) is 49.7 Å². The third-order valence-electron chi connectivity index (χ3n) is 3.43. The second kappa shape index (κ2) is 11.6. The fourth-order valence-corrected chi connectivity index (χ4v) is 2.21. The van der Waals surface area contributed by atoms with Gasteiger partial charge in [0, 0.05) is 32.8 Å². The van der Waals surface area contributed by atoms with Gasteiger partial charge in [0.15, 0.2) is 5.96 Å². The lowest BCUT2D eigenvalue weighted by molar-refractivity contribution is 0.0782. The largest absolute Gasteiger partial charge is 0.379 e. The molecule has 5 heteroatoms. The Labute approximate surface area is 141 Å². The van der Waals surface area contributed by atoms with Gasteiger partial charge in [-0.3, -0.25) is 4.99 Å². The lowest BCUT2D eigenvalue weighted by Gasteiger charge is -2.33. The first-order valence-corrected chi connectivity index (χ1v) is 7.78. The van der Waals surface area contributed by atoms with Crippen molar-refractivity contribution in [2.75, 3.05) is 32.8 Å². The maximum absolute atomic E-state index is 5.54. The van der Waals surface area contributed by atoms with Gasteiger partial charge < -0.3 is 15.0 Å². The lowest BCUT2D eigenvalue weighted by atomic mass is 10.00. The Kier molecular flexibility index (Phi) is 11.6. The summed E-state index contributed by atoms with van der Waals surface area (Å²) in [5.41, 5.74) is 0. The molecular formula is C15H32IN3O. The van der Waals surface area contributed by atoms with Crippen LogP contribution in [0.4, 0.5) is 0 Å². The number of guanidine groups is 1. The van der Waals surface area contributed by atoms with Gasteiger partial charge in [-0.15, -0.1) is 24.0 Å². The van der Waals surface area contributed by atoms with E-state index < -0.39 is 0 Å². The van der Waals surface area contributed by atoms with Crippen molar-refractivity contribution < 1.29 is 4.74 Å². The summed E-state index contributed by atoms with van der Waals surface area (Å²) in [6.07, 6.45) is 3.87. The second-order valence-electron chi connectivity index (χ2n) is 5.68. The topological polar surface area (TPSA) is 36.9 Å². The van der Waals surface area contributed by atoms with E-state index in [1.165, 1.54) is 12.8 Å². The molecule has 1 saturated heterocycles. The number of nitrogens with zero attached hydrogens (tertiary/aromatic N) is 2. The molecule has 1 N–H and O–H groups in total. The summed E-state index contributed by atoms with van der Waals surface area (Å²) in [4.78, 5) is 7.11. The molecule has 1 heterocycles. The third-order valence-corrected chi connectivity index (χ3v) is 3.43. The van der Waals surface area contributed by atoms with Crippen LogP contribution in [0.2, 0.25) is 0 Å². The predicted octanol–water partition coefficient (Wildman–Crippen LogP) is 3.12. The van der Waals surface area contributed by atoms with Crippen molar-refractivity contribution in [2.45, 2.75) is 53.1 Å². The molecule has 4 nitrogen and oxygen atoms in total. The summed E-state index contributed by atoms with van der Waals surface area (Å²) in [6.45, 7) is 13.5. The number of ether oxygens (including phenoxy) is 1. The Morgan fingerprint density at radius 2 is 2.00 bits per heavy atom. The molecule has 0 aromatic rings. The summed E-state index contributed by atoms with van der Waals surface area (Å²) < 4.78 is 5.54. The van der Waals surface area contributed by atoms with E-state index in [2.05, 4.69) is 37.9 Å². The lowest BCUT2D eigenvalue weighted by Crippen LogP contribution is -2.45. The molecule has 0 atom stereocenters. The van der Waals surface area contributed by atoms with Gasteiger partial charge in [-0.25, -0.2) is 0 Å². The van der Waals surface area contributed by atoms with Crippen molar-refractivity contribution in [3.63, 3.8) is 0 Å². The molecule has 0 aromatic carbocycles. The van der Waals surface area contributed by atoms with E-state index >= 15 is 0 Å². The molecule has 1 aliphatic rings. The Hall–Kier alpha value is -0.0400. The van der Waals surface area contributed by atoms with Gasteiger partial charge in [0.1, 0.15) is 0 Å². The first-order chi connectivity index (χ1) is 9.13. The predicted molar refractivity (Wildman–Crippen MR) is 97.1 cm³/mol. The van der Waals surface area contributed by atoms with E-state index in [-0.39, 0.29) is 24.0 Å². The van der Waals surface area contributed by atoms with E-state index in [4.69, 9.17) is 9.73 Å². The normalized spacial score (nSPS) is 17.2. The average molecular weight is 397 g/mol. The summed E-state index contributed by atoms with van der Waals surface area (Å²) in [5, 5.41) is 3.40. The van der Waals surface area contributed by atoms with Gasteiger partial charge in [0.2, 0.25) is 0 Å². The van der Waals surface area contributed by atoms with Crippen molar-refractivity contribution in [3.05, 3.63) is 0 Å². The highest BCUT2D eigenvalue weighted by Gasteiger charge is 2.18. The standard InChI is InChI=1S/C15H31N3O.HI/c1-5-16-15(17-9-6-12-19-13(2)3)18-10-7-14(4)8-11-18;/h13-14H,5-12H2,1-4H3,(H,16,17);1H. The van der Waals surface area contributed by atoms with Gasteiger partial charge in [0.25, 0.3) is 0 Å². The molecule has 1 fully saturated rings. The number of nitrogens with one attached hydrogen (secondary N) is 1. The molecule has 0 bridgehead atoms. The van der Waals surface area contributed by atoms with Crippen LogP contribution in [0.15, 0.2) is 4.99 Å². The van der Waals surface area contributed by atoms with Crippen molar-refractivity contribution >= 4 is 29.9 Å². The van der Waals surface area contributed by atoms with Crippen LogP contribution in [-0.2, 0) is 4.74 Å². The maximum atomic E-state index is 5.54. The van der Waals surface area contributed by atoms with Crippen LogP contribution in [0.1, 0.15) is 47.0 Å². The van der Waals surface area contributed by atoms with Crippen LogP contribution in [0.5, 0.6) is 0 Å². The third kappa shape index (κ3) is 8.29. The van der Waals surface area contributed by atoms with E-state index in [1.54, 1.807) is 0 Å². The maximum Gasteiger partial charge on any atom is 0.193 e. The van der Waals surface area contributed by atoms with Crippen molar-refractivity contribution in [1.82, 2.24) is 10.2 Å². The van der Waals surface area contributed by atoms with Crippen molar-refractivity contribution in [2.24, 2.45) is 10.9 Å². The summed E-state index contributed by atoms with van der Waals surface area (Å²) in [6, 6.07) is 0. The van der Waals surface area contributed by atoms with Crippen LogP contribution < -0.4 is 5.32 Å². The molecule has 0 spiro atoms. The summed E-state index contributed by atoms with van der Waals surface area (Å²) >= 11 is 0. The molecule has 1 rings (SSSR count). The smallest absolute Gasteiger partial charge is 0.193 e. The Morgan fingerprint density at radius 1 is 1.35 bits per heavy atom. The molecule has 0 radical (unpaired) electrons. The Bertz CT molecular complexity index is 264. The molecule has 1 aliphatic heterocycles. The number of hydrogen-bond donors (Lipinski definition) is 1. The number of aliphatic imine (C=N–C) groups is 1. The van der Waals surface area contributed by atoms with Crippen molar-refractivity contribution in [1.29, 1.82) is 0 Å². The number of piperidine rings is 1. The fraction of sp³-hybridized carbons (Fsp3) is 0.933. The van der Waals surface area contributed by atoms with Crippen molar-refractivity contribution in [3.8, 4) is 0 Å². The van der Waals surface area contributed by atoms with E-state index in [9.17, 15) is 0 Å². The molecule has 20 heavy (non-hydrogen) atoms. The summed E-state index contributed by atoms with van der Waals surface area (Å²) in [7, 11) is 0. The molecule has 0 unspecified atom stereocenters. The fourth-order valence-electron chi connectivity index (χ4n) is 2.21. The molecule has 0 aliphatic carbocycles. The molecule has 120 valence electrons. The molecule has 0 aromatic heterocycles. The van der Waals surface area contributed by atoms with Crippen LogP contribution >= 0.6 is 24.0 Å². The van der Waals surface area contributed by atoms with Gasteiger partial charge in [-0.2, -0.15) is 0 Å². The zero-order valence-corrected chi connectivity index (χ0v) is 15.9. The molecule has 0 amide bonds. The minimum atomic E-state index is 0. The first-order valence-electron chi connectivity index (χ1n) is 7.78. The van der Waals surface area contributed by atoms with E-state index in [0.717, 1.165) is 51.1 Å². The SMILES string of the molecule is CCNC(=NCCCOC(C)C)N1CCC(C)CC1.I. The van der Waals surface area contributed by atoms with Crippen LogP contribution in [0.25, 0.3) is 0 Å². The number of likely N-dealkylation sites (tertiary alicyclic amines) is 1. The van der Waals surface area contributed by atoms with Gasteiger partial charge in [0.05, 0.1) is 6.10 Å². The summed E-state index contributed by atoms with van der Waals surface area (Å²) in [5.74, 6) is 1.94. The van der Waals surface area contributed by atoms with Gasteiger partial charge in [-0.05, 0) is 46.0 Å². The number of rotatable bonds is 6. The number of halogens is 1. The Morgan fingerprint density at radius 3 is 2.55 bits per heavy atom. The minimum absolute atomic E-state index is 0. The highest BCUT2D eigenvalue weighted by molar-refractivity contribution is 14.0. The number of hydrogen-bond acceptors (Lipinski definition) is 2. The Balaban J connectivity index is 0.00000361. The van der Waals surface area contributed by atoms with Gasteiger partial charge in [-0.1, -0.05) is 6.92 Å². The van der Waals surface area contributed by atoms with E-state index in [0.29, 0.717) is 6.10 Å². The first kappa shape index (κ1) is 20.0. The molecular weight excluding hydrogens is 365 g/mol. The van der Waals surface area contributed by atoms with E-state index in [1.807, 2.05) is 0 Å². The quantitative estimate of drug-likeness (QED) is 0.324. The highest BCUT2D eigenvalue weighted by Crippen LogP contribution is 2.15. The average Bonchev–Trinajstić information content (AvgIpc) is 2.38. The molecule has 0 saturated carbocycles. The second-order valence-corrected chi connectivity index (χ2v) is 5.68. The zero-order valence-electron chi connectivity index (χ0n) is 13.5. The monoisotopic (exact) mass is 397 g/mol. The van der Waals surface area contributed by atoms with Gasteiger partial charge >= 0.3 is 0 Å². The zero-order chi connectivity index (χ0) is 14.1. The van der Waals surface area contributed by atoms with Crippen LogP contribution in [0, 0.1) is 5.92 Å². The van der Waals surface area contributed by atoms with Crippen LogP contribution in [0.3, 0.4) is 0 Å². The highest BCUT2D eigenvalue weighted by atomic mass is 127.